The number of allylic oxidation sites excluding steroid dienone is 9. The van der Waals surface area contributed by atoms with E-state index in [0.29, 0.717) is 41.2 Å². The molecule has 0 bridgehead atoms. The lowest BCUT2D eigenvalue weighted by atomic mass is 9.89. The number of esters is 1. The van der Waals surface area contributed by atoms with E-state index in [9.17, 15) is 14.4 Å². The van der Waals surface area contributed by atoms with E-state index in [4.69, 9.17) is 33.3 Å². The van der Waals surface area contributed by atoms with Crippen LogP contribution >= 0.6 is 23.2 Å². The average molecular weight is 661 g/mol. The summed E-state index contributed by atoms with van der Waals surface area (Å²) in [4.78, 5) is 44.4. The highest BCUT2D eigenvalue weighted by Crippen LogP contribution is 2.40. The molecule has 2 unspecified atom stereocenters. The Labute approximate surface area is 280 Å². The molecule has 0 radical (unpaired) electrons. The monoisotopic (exact) mass is 659 g/mol. The first-order chi connectivity index (χ1) is 22.0. The molecule has 2 aliphatic carbocycles. The summed E-state index contributed by atoms with van der Waals surface area (Å²) >= 11 is 12.2. The molecule has 0 aliphatic heterocycles. The van der Waals surface area contributed by atoms with Crippen molar-refractivity contribution in [3.05, 3.63) is 116 Å². The summed E-state index contributed by atoms with van der Waals surface area (Å²) in [7, 11) is 0. The molecule has 1 aromatic carbocycles. The topological polar surface area (TPSA) is 109 Å². The number of nitrogens with zero attached hydrogens (tertiary/aromatic N) is 1. The smallest absolute Gasteiger partial charge is 0.362 e. The van der Waals surface area contributed by atoms with Gasteiger partial charge in [0.05, 0.1) is 11.0 Å². The van der Waals surface area contributed by atoms with Crippen molar-refractivity contribution in [2.75, 3.05) is 6.54 Å². The first-order valence-corrected chi connectivity index (χ1v) is 16.1. The molecule has 0 spiro atoms. The second-order valence-corrected chi connectivity index (χ2v) is 12.7. The third-order valence-electron chi connectivity index (χ3n) is 8.03. The van der Waals surface area contributed by atoms with E-state index < -0.39 is 17.3 Å². The number of hydrogen-bond acceptors (Lipinski definition) is 6. The van der Waals surface area contributed by atoms with Gasteiger partial charge in [0.25, 0.3) is 0 Å². The Balaban J connectivity index is 1.55. The predicted octanol–water partition coefficient (Wildman–Crippen LogP) is 7.82. The minimum Gasteiger partial charge on any atom is -0.426 e. The number of ether oxygens (including phenoxy) is 1. The van der Waals surface area contributed by atoms with Gasteiger partial charge in [-0.25, -0.2) is 9.78 Å². The van der Waals surface area contributed by atoms with E-state index in [-0.39, 0.29) is 30.3 Å². The van der Waals surface area contributed by atoms with E-state index in [0.717, 1.165) is 46.0 Å². The third-order valence-corrected chi connectivity index (χ3v) is 8.53. The number of rotatable bonds is 11. The molecule has 1 heterocycles. The number of carbonyl (C=O) groups is 3. The number of hydrogen-bond donors (Lipinski definition) is 2. The summed E-state index contributed by atoms with van der Waals surface area (Å²) in [6.07, 6.45) is 14.3. The van der Waals surface area contributed by atoms with Crippen LogP contribution < -0.4 is 5.32 Å². The molecule has 0 fully saturated rings. The lowest BCUT2D eigenvalue weighted by Gasteiger charge is -2.15. The van der Waals surface area contributed by atoms with Gasteiger partial charge in [0.15, 0.2) is 5.78 Å². The molecule has 2 aromatic rings. The second kappa shape index (κ2) is 16.0. The molecule has 240 valence electrons. The number of halogens is 2. The first-order valence-electron chi connectivity index (χ1n) is 15.3. The molecule has 2 atom stereocenters. The van der Waals surface area contributed by atoms with Crippen LogP contribution in [0, 0.1) is 32.1 Å². The van der Waals surface area contributed by atoms with E-state index in [1.165, 1.54) is 0 Å². The molecule has 46 heavy (non-hydrogen) atoms. The van der Waals surface area contributed by atoms with Crippen LogP contribution in [-0.4, -0.2) is 40.8 Å². The van der Waals surface area contributed by atoms with Crippen molar-refractivity contribution >= 4 is 52.6 Å². The fourth-order valence-electron chi connectivity index (χ4n) is 5.67. The summed E-state index contributed by atoms with van der Waals surface area (Å²) in [5.41, 5.74) is 6.72. The summed E-state index contributed by atoms with van der Waals surface area (Å²) in [5.74, 6) is -1.10. The van der Waals surface area contributed by atoms with Gasteiger partial charge >= 0.3 is 5.97 Å². The number of pyridine rings is 1. The van der Waals surface area contributed by atoms with Crippen molar-refractivity contribution in [1.82, 2.24) is 10.3 Å². The summed E-state index contributed by atoms with van der Waals surface area (Å²) in [6.45, 7) is 8.02. The number of aromatic nitrogens is 1. The Kier molecular flexibility index (Phi) is 12.1. The van der Waals surface area contributed by atoms with Gasteiger partial charge in [-0.05, 0) is 99.4 Å². The molecular formula is C37H39Cl2N3O4. The van der Waals surface area contributed by atoms with Crippen molar-refractivity contribution in [1.29, 1.82) is 5.41 Å². The highest BCUT2D eigenvalue weighted by molar-refractivity contribution is 6.31. The van der Waals surface area contributed by atoms with Crippen LogP contribution in [0.1, 0.15) is 70.9 Å². The summed E-state index contributed by atoms with van der Waals surface area (Å²) in [6, 6.07) is 7.41. The van der Waals surface area contributed by atoms with Gasteiger partial charge in [-0.1, -0.05) is 53.6 Å². The van der Waals surface area contributed by atoms with E-state index in [1.54, 1.807) is 36.6 Å². The number of aryl methyl sites for hydroxylation is 3. The van der Waals surface area contributed by atoms with Crippen LogP contribution in [0.5, 0.6) is 0 Å². The number of amides is 1. The van der Waals surface area contributed by atoms with Crippen molar-refractivity contribution in [3.63, 3.8) is 0 Å². The number of nitrogens with one attached hydrogen (secondary N) is 2. The minimum absolute atomic E-state index is 0.121. The van der Waals surface area contributed by atoms with Gasteiger partial charge in [-0.2, -0.15) is 0 Å². The van der Waals surface area contributed by atoms with Gasteiger partial charge in [0.1, 0.15) is 11.5 Å². The van der Waals surface area contributed by atoms with E-state index in [2.05, 4.69) is 10.3 Å². The Hall–Kier alpha value is -4.07. The normalized spacial score (nSPS) is 17.6. The Bertz CT molecular complexity index is 1660. The quantitative estimate of drug-likeness (QED) is 0.111. The zero-order chi connectivity index (χ0) is 33.4. The summed E-state index contributed by atoms with van der Waals surface area (Å²) < 4.78 is 5.91. The second-order valence-electron chi connectivity index (χ2n) is 11.8. The zero-order valence-corrected chi connectivity index (χ0v) is 28.1. The molecule has 9 heteroatoms. The first kappa shape index (κ1) is 34.8. The molecule has 4 rings (SSSR count). The molecule has 1 amide bonds. The van der Waals surface area contributed by atoms with Crippen LogP contribution in [0.3, 0.4) is 0 Å². The zero-order valence-electron chi connectivity index (χ0n) is 26.6. The van der Waals surface area contributed by atoms with E-state index in [1.807, 2.05) is 52.0 Å². The SMILES string of the molecule is CC1=CC(Cl)=CC=C(C(=O)NCCC2CC(OC(=O)c3ccc(C)cn3)=C(c3c(C)cc(C/C=C/C(Cl)C=N)cc3C)C2=O)CC1. The standard InChI is InChI=1S/C37H39Cl2N3O4/c1-22-8-10-27(11-12-29(38)16-22)36(44)41-15-14-28-19-32(46-37(45)31-13-9-23(2)21-42-31)34(35(28)43)33-24(3)17-26(18-25(33)4)6-5-7-30(39)20-40/h5,7,9,11-13,16-18,20-21,28,30,40H,6,8,10,14-15,19H2,1-4H3,(H,41,44)/b7-5+,22-16?,27-11?,29-12?,40-20?. The number of benzene rings is 1. The highest BCUT2D eigenvalue weighted by Gasteiger charge is 2.37. The van der Waals surface area contributed by atoms with Crippen molar-refractivity contribution < 1.29 is 19.1 Å². The fraction of sp³-hybridized carbons (Fsp3) is 0.324. The molecule has 2 N–H and O–H groups in total. The number of Topliss-reactive ketones (excluding diaryl/α,β-unsaturated/α-hetero) is 1. The highest BCUT2D eigenvalue weighted by atomic mass is 35.5. The van der Waals surface area contributed by atoms with Crippen molar-refractivity contribution in [2.45, 2.75) is 65.2 Å². The molecule has 0 saturated heterocycles. The number of carbonyl (C=O) groups excluding carboxylic acids is 3. The van der Waals surface area contributed by atoms with Gasteiger partial charge in [-0.3, -0.25) is 9.59 Å². The predicted molar refractivity (Wildman–Crippen MR) is 184 cm³/mol. The minimum atomic E-state index is -0.625. The van der Waals surface area contributed by atoms with Crippen LogP contribution in [-0.2, 0) is 20.7 Å². The van der Waals surface area contributed by atoms with Gasteiger partial charge < -0.3 is 15.5 Å². The Morgan fingerprint density at radius 1 is 1.13 bits per heavy atom. The summed E-state index contributed by atoms with van der Waals surface area (Å²) in [5, 5.41) is 10.3. The lowest BCUT2D eigenvalue weighted by molar-refractivity contribution is -0.119. The van der Waals surface area contributed by atoms with Crippen LogP contribution in [0.25, 0.3) is 5.57 Å². The molecule has 7 nitrogen and oxygen atoms in total. The molecule has 2 aliphatic rings. The molecule has 1 aromatic heterocycles. The number of alkyl halides is 1. The van der Waals surface area contributed by atoms with Crippen LogP contribution in [0.2, 0.25) is 0 Å². The van der Waals surface area contributed by atoms with Crippen molar-refractivity contribution in [3.8, 4) is 0 Å². The third kappa shape index (κ3) is 9.02. The number of ketones is 1. The fourth-order valence-corrected chi connectivity index (χ4v) is 6.02. The Morgan fingerprint density at radius 2 is 1.87 bits per heavy atom. The van der Waals surface area contributed by atoms with Crippen LogP contribution in [0.15, 0.2) is 82.8 Å². The van der Waals surface area contributed by atoms with E-state index >= 15 is 0 Å². The van der Waals surface area contributed by atoms with Crippen LogP contribution in [0.4, 0.5) is 0 Å². The van der Waals surface area contributed by atoms with Gasteiger partial charge in [-0.15, -0.1) is 11.6 Å². The molecule has 0 saturated carbocycles. The maximum Gasteiger partial charge on any atom is 0.362 e. The largest absolute Gasteiger partial charge is 0.426 e. The molecular weight excluding hydrogens is 621 g/mol. The average Bonchev–Trinajstić information content (AvgIpc) is 3.29. The Morgan fingerprint density at radius 3 is 2.54 bits per heavy atom. The van der Waals surface area contributed by atoms with Gasteiger partial charge in [0.2, 0.25) is 5.91 Å². The van der Waals surface area contributed by atoms with Gasteiger partial charge in [0, 0.05) is 41.9 Å². The maximum absolute atomic E-state index is 14.0. The lowest BCUT2D eigenvalue weighted by Crippen LogP contribution is -2.28. The van der Waals surface area contributed by atoms with Crippen molar-refractivity contribution in [2.24, 2.45) is 5.92 Å². The maximum atomic E-state index is 14.0.